The molecule has 27 heavy (non-hydrogen) atoms. The summed E-state index contributed by atoms with van der Waals surface area (Å²) in [6.45, 7) is 1.53. The molecule has 1 N–H and O–H groups in total. The SMILES string of the molecule is CC(=O)N[C@H]1C[C@H](Oc2ccc3ncc(-c4cc5ccccc5o4)n3n2)C1. The number of carbonyl (C=O) groups excluding carboxylic acids is 1. The molecule has 0 aliphatic heterocycles. The first kappa shape index (κ1) is 15.9. The Kier molecular flexibility index (Phi) is 3.60. The summed E-state index contributed by atoms with van der Waals surface area (Å²) in [5, 5.41) is 8.51. The van der Waals surface area contributed by atoms with Gasteiger partial charge in [-0.25, -0.2) is 9.50 Å². The highest BCUT2D eigenvalue weighted by Gasteiger charge is 2.31. The van der Waals surface area contributed by atoms with Gasteiger partial charge in [0.05, 0.1) is 6.20 Å². The fraction of sp³-hybridized carbons (Fsp3) is 0.250. The van der Waals surface area contributed by atoms with E-state index in [-0.39, 0.29) is 18.1 Å². The van der Waals surface area contributed by atoms with Crippen LogP contribution in [0, 0.1) is 0 Å². The number of aromatic nitrogens is 3. The van der Waals surface area contributed by atoms with Crippen molar-refractivity contribution in [3.8, 4) is 17.3 Å². The molecule has 0 radical (unpaired) electrons. The first-order valence-corrected chi connectivity index (χ1v) is 8.93. The molecule has 1 fully saturated rings. The predicted octanol–water partition coefficient (Wildman–Crippen LogP) is 3.19. The van der Waals surface area contributed by atoms with E-state index in [4.69, 9.17) is 9.15 Å². The molecule has 0 unspecified atom stereocenters. The van der Waals surface area contributed by atoms with E-state index in [2.05, 4.69) is 15.4 Å². The van der Waals surface area contributed by atoms with Crippen LogP contribution >= 0.6 is 0 Å². The van der Waals surface area contributed by atoms with Crippen LogP contribution in [0.2, 0.25) is 0 Å². The smallest absolute Gasteiger partial charge is 0.232 e. The van der Waals surface area contributed by atoms with Crippen LogP contribution in [0.15, 0.2) is 53.1 Å². The van der Waals surface area contributed by atoms with Crippen molar-refractivity contribution in [3.05, 3.63) is 48.7 Å². The molecule has 1 aromatic carbocycles. The lowest BCUT2D eigenvalue weighted by atomic mass is 9.89. The molecule has 7 nitrogen and oxygen atoms in total. The van der Waals surface area contributed by atoms with Crippen molar-refractivity contribution in [1.82, 2.24) is 19.9 Å². The molecule has 3 aromatic heterocycles. The maximum atomic E-state index is 11.1. The number of carbonyl (C=O) groups is 1. The number of amides is 1. The number of hydrogen-bond donors (Lipinski definition) is 1. The minimum Gasteiger partial charge on any atom is -0.473 e. The summed E-state index contributed by atoms with van der Waals surface area (Å²) in [7, 11) is 0. The van der Waals surface area contributed by atoms with Gasteiger partial charge in [-0.2, -0.15) is 0 Å². The van der Waals surface area contributed by atoms with E-state index in [0.29, 0.717) is 11.6 Å². The quantitative estimate of drug-likeness (QED) is 0.603. The third-order valence-electron chi connectivity index (χ3n) is 4.81. The Morgan fingerprint density at radius 1 is 1.26 bits per heavy atom. The Hall–Kier alpha value is -3.35. The Balaban J connectivity index is 1.40. The number of rotatable bonds is 4. The van der Waals surface area contributed by atoms with Crippen LogP contribution in [0.5, 0.6) is 5.88 Å². The van der Waals surface area contributed by atoms with Crippen molar-refractivity contribution in [3.63, 3.8) is 0 Å². The predicted molar refractivity (Wildman–Crippen MR) is 99.4 cm³/mol. The van der Waals surface area contributed by atoms with Crippen molar-refractivity contribution in [2.45, 2.75) is 31.9 Å². The van der Waals surface area contributed by atoms with Crippen LogP contribution in [0.25, 0.3) is 28.1 Å². The van der Waals surface area contributed by atoms with Gasteiger partial charge in [-0.05, 0) is 18.2 Å². The van der Waals surface area contributed by atoms with Crippen LogP contribution in [-0.4, -0.2) is 32.7 Å². The minimum atomic E-state index is -0.00751. The zero-order chi connectivity index (χ0) is 18.4. The van der Waals surface area contributed by atoms with Gasteiger partial charge in [-0.1, -0.05) is 18.2 Å². The molecule has 0 bridgehead atoms. The Bertz CT molecular complexity index is 1110. The summed E-state index contributed by atoms with van der Waals surface area (Å²) in [4.78, 5) is 15.5. The fourth-order valence-electron chi connectivity index (χ4n) is 3.43. The average Bonchev–Trinajstić information content (AvgIpc) is 3.22. The molecule has 0 atom stereocenters. The molecule has 1 aliphatic carbocycles. The lowest BCUT2D eigenvalue weighted by molar-refractivity contribution is -0.120. The first-order valence-electron chi connectivity index (χ1n) is 8.93. The van der Waals surface area contributed by atoms with E-state index >= 15 is 0 Å². The van der Waals surface area contributed by atoms with E-state index in [1.54, 1.807) is 10.7 Å². The zero-order valence-corrected chi connectivity index (χ0v) is 14.8. The number of para-hydroxylation sites is 1. The molecule has 1 amide bonds. The zero-order valence-electron chi connectivity index (χ0n) is 14.8. The maximum absolute atomic E-state index is 11.1. The second-order valence-corrected chi connectivity index (χ2v) is 6.84. The summed E-state index contributed by atoms with van der Waals surface area (Å²) in [6.07, 6.45) is 3.39. The number of furan rings is 1. The molecule has 0 spiro atoms. The highest BCUT2D eigenvalue weighted by atomic mass is 16.5. The normalized spacial score (nSPS) is 19.1. The second kappa shape index (κ2) is 6.12. The van der Waals surface area contributed by atoms with Crippen molar-refractivity contribution in [2.75, 3.05) is 0 Å². The molecular formula is C20H18N4O3. The van der Waals surface area contributed by atoms with Crippen LogP contribution in [-0.2, 0) is 4.79 Å². The van der Waals surface area contributed by atoms with E-state index in [1.165, 1.54) is 6.92 Å². The number of nitrogens with one attached hydrogen (secondary N) is 1. The Labute approximate surface area is 154 Å². The molecular weight excluding hydrogens is 344 g/mol. The van der Waals surface area contributed by atoms with Crippen LogP contribution in [0.1, 0.15) is 19.8 Å². The van der Waals surface area contributed by atoms with E-state index in [1.807, 2.05) is 42.5 Å². The van der Waals surface area contributed by atoms with Gasteiger partial charge in [-0.15, -0.1) is 5.10 Å². The summed E-state index contributed by atoms with van der Waals surface area (Å²) in [5.41, 5.74) is 2.33. The molecule has 3 heterocycles. The van der Waals surface area contributed by atoms with Gasteiger partial charge in [0.15, 0.2) is 11.4 Å². The van der Waals surface area contributed by atoms with Gasteiger partial charge >= 0.3 is 0 Å². The average molecular weight is 362 g/mol. The molecule has 1 saturated carbocycles. The molecule has 7 heteroatoms. The fourth-order valence-corrected chi connectivity index (χ4v) is 3.43. The molecule has 0 saturated heterocycles. The van der Waals surface area contributed by atoms with Gasteiger partial charge in [0, 0.05) is 37.3 Å². The summed E-state index contributed by atoms with van der Waals surface area (Å²) >= 11 is 0. The van der Waals surface area contributed by atoms with Gasteiger partial charge in [0.2, 0.25) is 11.8 Å². The number of ether oxygens (including phenoxy) is 1. The first-order chi connectivity index (χ1) is 13.2. The monoisotopic (exact) mass is 362 g/mol. The van der Waals surface area contributed by atoms with Crippen LogP contribution in [0.4, 0.5) is 0 Å². The second-order valence-electron chi connectivity index (χ2n) is 6.84. The van der Waals surface area contributed by atoms with Gasteiger partial charge in [-0.3, -0.25) is 4.79 Å². The van der Waals surface area contributed by atoms with Crippen molar-refractivity contribution in [1.29, 1.82) is 0 Å². The van der Waals surface area contributed by atoms with Crippen molar-refractivity contribution >= 4 is 22.5 Å². The largest absolute Gasteiger partial charge is 0.473 e. The van der Waals surface area contributed by atoms with Crippen molar-refractivity contribution < 1.29 is 13.9 Å². The van der Waals surface area contributed by atoms with Crippen LogP contribution < -0.4 is 10.1 Å². The number of hydrogen-bond acceptors (Lipinski definition) is 5. The molecule has 5 rings (SSSR count). The third kappa shape index (κ3) is 2.91. The molecule has 4 aromatic rings. The summed E-state index contributed by atoms with van der Waals surface area (Å²) in [6, 6.07) is 13.7. The summed E-state index contributed by atoms with van der Waals surface area (Å²) in [5.74, 6) is 1.23. The Morgan fingerprint density at radius 3 is 2.93 bits per heavy atom. The Morgan fingerprint density at radius 2 is 2.11 bits per heavy atom. The molecule has 1 aliphatic rings. The summed E-state index contributed by atoms with van der Waals surface area (Å²) < 4.78 is 13.6. The standard InChI is InChI=1S/C20H18N4O3/c1-12(25)22-14-9-15(10-14)26-20-7-6-19-21-11-16(24(19)23-20)18-8-13-4-2-3-5-17(13)27-18/h2-8,11,14-15H,9-10H2,1H3,(H,22,25)/t14-,15-. The topological polar surface area (TPSA) is 81.7 Å². The lowest BCUT2D eigenvalue weighted by Gasteiger charge is -2.35. The molecule has 136 valence electrons. The van der Waals surface area contributed by atoms with E-state index in [9.17, 15) is 4.79 Å². The maximum Gasteiger partial charge on any atom is 0.232 e. The number of benzene rings is 1. The minimum absolute atomic E-state index is 0.00751. The number of imidazole rings is 1. The van der Waals surface area contributed by atoms with E-state index < -0.39 is 0 Å². The third-order valence-corrected chi connectivity index (χ3v) is 4.81. The lowest BCUT2D eigenvalue weighted by Crippen LogP contribution is -2.48. The van der Waals surface area contributed by atoms with Gasteiger partial charge in [0.25, 0.3) is 0 Å². The van der Waals surface area contributed by atoms with Gasteiger partial charge < -0.3 is 14.5 Å². The van der Waals surface area contributed by atoms with E-state index in [0.717, 1.165) is 35.2 Å². The number of fused-ring (bicyclic) bond motifs is 2. The van der Waals surface area contributed by atoms with Crippen LogP contribution in [0.3, 0.4) is 0 Å². The van der Waals surface area contributed by atoms with Gasteiger partial charge in [0.1, 0.15) is 17.4 Å². The highest BCUT2D eigenvalue weighted by Crippen LogP contribution is 2.29. The number of nitrogens with zero attached hydrogens (tertiary/aromatic N) is 3. The van der Waals surface area contributed by atoms with Crippen molar-refractivity contribution in [2.24, 2.45) is 0 Å². The highest BCUT2D eigenvalue weighted by molar-refractivity contribution is 5.82.